The van der Waals surface area contributed by atoms with Crippen molar-refractivity contribution in [2.45, 2.75) is 25.3 Å². The number of carbonyl (C=O) groups excluding carboxylic acids is 1. The molecular formula is C21H23FN4O. The van der Waals surface area contributed by atoms with Gasteiger partial charge in [0.15, 0.2) is 0 Å². The molecular weight excluding hydrogens is 343 g/mol. The van der Waals surface area contributed by atoms with Crippen molar-refractivity contribution in [3.8, 4) is 6.07 Å². The topological polar surface area (TPSA) is 77.0 Å². The van der Waals surface area contributed by atoms with Crippen molar-refractivity contribution in [1.82, 2.24) is 10.6 Å². The van der Waals surface area contributed by atoms with E-state index in [0.29, 0.717) is 23.7 Å². The lowest BCUT2D eigenvalue weighted by Gasteiger charge is -2.30. The van der Waals surface area contributed by atoms with Crippen LogP contribution in [0.1, 0.15) is 24.0 Å². The van der Waals surface area contributed by atoms with Crippen molar-refractivity contribution in [2.75, 3.05) is 18.4 Å². The highest BCUT2D eigenvalue weighted by Crippen LogP contribution is 2.19. The van der Waals surface area contributed by atoms with E-state index in [-0.39, 0.29) is 17.9 Å². The summed E-state index contributed by atoms with van der Waals surface area (Å²) >= 11 is 0. The minimum Gasteiger partial charge on any atom is -0.336 e. The SMILES string of the molecule is N#Cc1cccc(NC(=O)NC[C@@H]2CC[C@@H](Cc3ccc(F)cc3)CN2)c1. The third kappa shape index (κ3) is 5.80. The molecule has 0 aliphatic carbocycles. The van der Waals surface area contributed by atoms with E-state index in [9.17, 15) is 9.18 Å². The van der Waals surface area contributed by atoms with Crippen LogP contribution >= 0.6 is 0 Å². The van der Waals surface area contributed by atoms with Crippen molar-refractivity contribution in [1.29, 1.82) is 5.26 Å². The number of nitriles is 1. The van der Waals surface area contributed by atoms with Gasteiger partial charge >= 0.3 is 6.03 Å². The zero-order valence-electron chi connectivity index (χ0n) is 15.0. The number of rotatable bonds is 5. The van der Waals surface area contributed by atoms with Gasteiger partial charge in [-0.25, -0.2) is 9.18 Å². The van der Waals surface area contributed by atoms with Gasteiger partial charge in [-0.05, 0) is 67.6 Å². The lowest BCUT2D eigenvalue weighted by molar-refractivity contribution is 0.247. The molecule has 0 unspecified atom stereocenters. The van der Waals surface area contributed by atoms with Crippen LogP contribution in [-0.4, -0.2) is 25.2 Å². The van der Waals surface area contributed by atoms with E-state index in [0.717, 1.165) is 31.4 Å². The first-order valence-electron chi connectivity index (χ1n) is 9.15. The largest absolute Gasteiger partial charge is 0.336 e. The summed E-state index contributed by atoms with van der Waals surface area (Å²) in [7, 11) is 0. The predicted octanol–water partition coefficient (Wildman–Crippen LogP) is 3.43. The van der Waals surface area contributed by atoms with Crippen LogP contribution in [0.15, 0.2) is 48.5 Å². The Labute approximate surface area is 158 Å². The van der Waals surface area contributed by atoms with Gasteiger partial charge in [-0.3, -0.25) is 0 Å². The molecule has 3 N–H and O–H groups in total. The predicted molar refractivity (Wildman–Crippen MR) is 103 cm³/mol. The molecule has 1 fully saturated rings. The van der Waals surface area contributed by atoms with E-state index in [1.165, 1.54) is 12.1 Å². The van der Waals surface area contributed by atoms with Crippen LogP contribution < -0.4 is 16.0 Å². The zero-order chi connectivity index (χ0) is 19.1. The second kappa shape index (κ2) is 9.15. The van der Waals surface area contributed by atoms with Crippen molar-refractivity contribution in [3.63, 3.8) is 0 Å². The number of carbonyl (C=O) groups is 1. The van der Waals surface area contributed by atoms with E-state index in [1.807, 2.05) is 18.2 Å². The summed E-state index contributed by atoms with van der Waals surface area (Å²) in [5, 5.41) is 18.0. The van der Waals surface area contributed by atoms with Crippen LogP contribution in [-0.2, 0) is 6.42 Å². The van der Waals surface area contributed by atoms with E-state index in [1.54, 1.807) is 24.3 Å². The molecule has 6 heteroatoms. The molecule has 27 heavy (non-hydrogen) atoms. The van der Waals surface area contributed by atoms with Crippen LogP contribution in [0.2, 0.25) is 0 Å². The molecule has 1 heterocycles. The molecule has 0 aromatic heterocycles. The van der Waals surface area contributed by atoms with Crippen molar-refractivity contribution >= 4 is 11.7 Å². The second-order valence-corrected chi connectivity index (χ2v) is 6.91. The molecule has 3 rings (SSSR count). The Morgan fingerprint density at radius 2 is 2.04 bits per heavy atom. The molecule has 0 spiro atoms. The van der Waals surface area contributed by atoms with Crippen molar-refractivity contribution < 1.29 is 9.18 Å². The Morgan fingerprint density at radius 3 is 2.74 bits per heavy atom. The maximum absolute atomic E-state index is 13.0. The van der Waals surface area contributed by atoms with Crippen molar-refractivity contribution in [3.05, 3.63) is 65.5 Å². The number of halogens is 1. The molecule has 2 aromatic rings. The summed E-state index contributed by atoms with van der Waals surface area (Å²) in [6.45, 7) is 1.43. The van der Waals surface area contributed by atoms with E-state index < -0.39 is 0 Å². The quantitative estimate of drug-likeness (QED) is 0.759. The lowest BCUT2D eigenvalue weighted by Crippen LogP contribution is -2.47. The van der Waals surface area contributed by atoms with Gasteiger partial charge in [-0.1, -0.05) is 18.2 Å². The summed E-state index contributed by atoms with van der Waals surface area (Å²) < 4.78 is 13.0. The Kier molecular flexibility index (Phi) is 6.39. The van der Waals surface area contributed by atoms with E-state index in [2.05, 4.69) is 16.0 Å². The van der Waals surface area contributed by atoms with Gasteiger partial charge in [-0.15, -0.1) is 0 Å². The number of benzene rings is 2. The fraction of sp³-hybridized carbons (Fsp3) is 0.333. The molecule has 1 aliphatic heterocycles. The summed E-state index contributed by atoms with van der Waals surface area (Å²) in [4.78, 5) is 12.0. The molecule has 2 atom stereocenters. The van der Waals surface area contributed by atoms with Crippen LogP contribution in [0.5, 0.6) is 0 Å². The van der Waals surface area contributed by atoms with Gasteiger partial charge < -0.3 is 16.0 Å². The summed E-state index contributed by atoms with van der Waals surface area (Å²) in [6, 6.07) is 15.5. The van der Waals surface area contributed by atoms with Crippen LogP contribution in [0.25, 0.3) is 0 Å². The molecule has 2 aromatic carbocycles. The average molecular weight is 366 g/mol. The normalized spacial score (nSPS) is 19.1. The summed E-state index contributed by atoms with van der Waals surface area (Å²) in [5.41, 5.74) is 2.26. The van der Waals surface area contributed by atoms with Gasteiger partial charge in [0.1, 0.15) is 5.82 Å². The lowest BCUT2D eigenvalue weighted by atomic mass is 9.89. The van der Waals surface area contributed by atoms with E-state index >= 15 is 0 Å². The first kappa shape index (κ1) is 18.9. The highest BCUT2D eigenvalue weighted by molar-refractivity contribution is 5.89. The fourth-order valence-electron chi connectivity index (χ4n) is 3.33. The van der Waals surface area contributed by atoms with E-state index in [4.69, 9.17) is 5.26 Å². The van der Waals surface area contributed by atoms with Crippen LogP contribution in [0.3, 0.4) is 0 Å². The monoisotopic (exact) mass is 366 g/mol. The first-order chi connectivity index (χ1) is 13.1. The molecule has 140 valence electrons. The molecule has 0 saturated carbocycles. The molecule has 5 nitrogen and oxygen atoms in total. The zero-order valence-corrected chi connectivity index (χ0v) is 15.0. The number of piperidine rings is 1. The maximum atomic E-state index is 13.0. The third-order valence-electron chi connectivity index (χ3n) is 4.81. The average Bonchev–Trinajstić information content (AvgIpc) is 2.69. The summed E-state index contributed by atoms with van der Waals surface area (Å²) in [6.07, 6.45) is 2.99. The van der Waals surface area contributed by atoms with Crippen molar-refractivity contribution in [2.24, 2.45) is 5.92 Å². The number of urea groups is 1. The molecule has 0 bridgehead atoms. The fourth-order valence-corrected chi connectivity index (χ4v) is 3.33. The van der Waals surface area contributed by atoms with Crippen LogP contribution in [0, 0.1) is 23.1 Å². The Balaban J connectivity index is 1.38. The number of nitrogens with one attached hydrogen (secondary N) is 3. The number of anilines is 1. The van der Waals surface area contributed by atoms with Gasteiger partial charge in [0.25, 0.3) is 0 Å². The van der Waals surface area contributed by atoms with Gasteiger partial charge in [0, 0.05) is 18.3 Å². The minimum absolute atomic E-state index is 0.204. The van der Waals surface area contributed by atoms with Gasteiger partial charge in [0.2, 0.25) is 0 Å². The highest BCUT2D eigenvalue weighted by Gasteiger charge is 2.21. The summed E-state index contributed by atoms with van der Waals surface area (Å²) in [5.74, 6) is 0.318. The van der Waals surface area contributed by atoms with Gasteiger partial charge in [-0.2, -0.15) is 5.26 Å². The molecule has 1 saturated heterocycles. The third-order valence-corrected chi connectivity index (χ3v) is 4.81. The second-order valence-electron chi connectivity index (χ2n) is 6.91. The van der Waals surface area contributed by atoms with Crippen LogP contribution in [0.4, 0.5) is 14.9 Å². The highest BCUT2D eigenvalue weighted by atomic mass is 19.1. The smallest absolute Gasteiger partial charge is 0.319 e. The molecule has 0 radical (unpaired) electrons. The first-order valence-corrected chi connectivity index (χ1v) is 9.15. The number of hydrogen-bond donors (Lipinski definition) is 3. The molecule has 2 amide bonds. The van der Waals surface area contributed by atoms with Gasteiger partial charge in [0.05, 0.1) is 11.6 Å². The molecule has 1 aliphatic rings. The Hall–Kier alpha value is -2.91. The number of amides is 2. The maximum Gasteiger partial charge on any atom is 0.319 e. The number of hydrogen-bond acceptors (Lipinski definition) is 3. The standard InChI is InChI=1S/C21H23FN4O/c22-18-7-4-15(5-8-18)10-17-6-9-20(24-13-17)14-25-21(27)26-19-3-1-2-16(11-19)12-23/h1-5,7-8,11,17,20,24H,6,9-10,13-14H2,(H2,25,26,27)/t17-,20-/m0/s1. The Bertz CT molecular complexity index is 808. The minimum atomic E-state index is -0.277. The number of nitrogens with zero attached hydrogens (tertiary/aromatic N) is 1. The Morgan fingerprint density at radius 1 is 1.22 bits per heavy atom.